The predicted octanol–water partition coefficient (Wildman–Crippen LogP) is 4.87. The highest BCUT2D eigenvalue weighted by Crippen LogP contribution is 2.25. The number of halogens is 2. The van der Waals surface area contributed by atoms with E-state index in [2.05, 4.69) is 15.2 Å². The molecule has 7 heteroatoms. The molecule has 1 saturated heterocycles. The minimum atomic E-state index is -0.281. The minimum Gasteiger partial charge on any atom is -0.494 e. The zero-order chi connectivity index (χ0) is 21.6. The Morgan fingerprint density at radius 1 is 1.14 bits per heavy atom. The van der Waals surface area contributed by atoms with Gasteiger partial charge in [0.25, 0.3) is 0 Å². The number of methoxy groups -OCH3 is 1. The number of rotatable bonds is 5. The molecule has 1 atom stereocenters. The average Bonchev–Trinajstić information content (AvgIpc) is 3.29. The van der Waals surface area contributed by atoms with Crippen LogP contribution in [0, 0.1) is 5.82 Å². The van der Waals surface area contributed by atoms with Crippen LogP contribution in [0.5, 0.6) is 11.5 Å². The molecule has 2 aromatic carbocycles. The fraction of sp³-hybridized carbons (Fsp3) is 0.409. The summed E-state index contributed by atoms with van der Waals surface area (Å²) in [5.41, 5.74) is 2.07. The maximum atomic E-state index is 13.4. The third kappa shape index (κ3) is 8.07. The molecule has 0 aliphatic carbocycles. The van der Waals surface area contributed by atoms with Crippen LogP contribution in [-0.4, -0.2) is 33.5 Å². The van der Waals surface area contributed by atoms with Crippen LogP contribution in [0.15, 0.2) is 42.5 Å². The van der Waals surface area contributed by atoms with Gasteiger partial charge in [0, 0.05) is 35.4 Å². The summed E-state index contributed by atoms with van der Waals surface area (Å²) < 4.78 is 29.8. The number of carbonyl (C=O) groups is 1. The second-order valence-corrected chi connectivity index (χ2v) is 6.41. The van der Waals surface area contributed by atoms with Gasteiger partial charge in [0.1, 0.15) is 6.29 Å². The molecule has 160 valence electrons. The Labute approximate surface area is 171 Å². The molecular formula is C22H30F2N2O3. The van der Waals surface area contributed by atoms with Crippen LogP contribution in [0.1, 0.15) is 38.3 Å². The summed E-state index contributed by atoms with van der Waals surface area (Å²) in [5, 5.41) is 3.08. The first kappa shape index (κ1) is 24.4. The molecule has 2 aromatic rings. The second-order valence-electron chi connectivity index (χ2n) is 6.41. The van der Waals surface area contributed by atoms with Crippen LogP contribution in [0.3, 0.4) is 0 Å². The van der Waals surface area contributed by atoms with Crippen molar-refractivity contribution >= 4 is 12.0 Å². The Balaban J connectivity index is 0.000000259. The van der Waals surface area contributed by atoms with Crippen molar-refractivity contribution in [3.8, 4) is 11.5 Å². The SMILES string of the molecule is CC=O.CNC(C)c1ccc(OF)cc1.COc1ccc(N2CCCC2)cc1F. The normalized spacial score (nSPS) is 13.4. The van der Waals surface area contributed by atoms with Crippen LogP contribution in [0.25, 0.3) is 0 Å². The molecule has 1 aliphatic rings. The van der Waals surface area contributed by atoms with E-state index in [0.717, 1.165) is 30.6 Å². The van der Waals surface area contributed by atoms with E-state index in [1.54, 1.807) is 24.3 Å². The topological polar surface area (TPSA) is 50.8 Å². The van der Waals surface area contributed by atoms with Gasteiger partial charge in [-0.05, 0) is 63.6 Å². The molecule has 0 spiro atoms. The number of nitrogens with zero attached hydrogens (tertiary/aromatic N) is 1. The van der Waals surface area contributed by atoms with Crippen molar-refractivity contribution in [1.82, 2.24) is 5.32 Å². The van der Waals surface area contributed by atoms with E-state index in [-0.39, 0.29) is 17.6 Å². The largest absolute Gasteiger partial charge is 0.494 e. The molecule has 29 heavy (non-hydrogen) atoms. The predicted molar refractivity (Wildman–Crippen MR) is 112 cm³/mol. The fourth-order valence-corrected chi connectivity index (χ4v) is 2.80. The zero-order valence-corrected chi connectivity index (χ0v) is 17.5. The molecule has 5 nitrogen and oxygen atoms in total. The smallest absolute Gasteiger partial charge is 0.171 e. The molecule has 0 amide bonds. The summed E-state index contributed by atoms with van der Waals surface area (Å²) in [5.74, 6) is 0.270. The molecule has 3 rings (SSSR count). The summed E-state index contributed by atoms with van der Waals surface area (Å²) in [4.78, 5) is 14.6. The average molecular weight is 408 g/mol. The van der Waals surface area contributed by atoms with Gasteiger partial charge < -0.3 is 19.7 Å². The lowest BCUT2D eigenvalue weighted by Crippen LogP contribution is -2.17. The van der Waals surface area contributed by atoms with Gasteiger partial charge in [-0.25, -0.2) is 4.39 Å². The standard InChI is InChI=1S/C11H14FNO.C9H12FNO.C2H4O/c1-14-11-5-4-9(8-10(11)12)13-6-2-3-7-13;1-7(11-2)8-3-5-9(12-10)6-4-8;1-2-3/h4-5,8H,2-3,6-7H2,1H3;3-7,11H,1-2H3;2H,1H3. The first-order chi connectivity index (χ1) is 14.0. The van der Waals surface area contributed by atoms with Crippen molar-refractivity contribution in [2.45, 2.75) is 32.7 Å². The highest BCUT2D eigenvalue weighted by Gasteiger charge is 2.13. The summed E-state index contributed by atoms with van der Waals surface area (Å²) in [6.07, 6.45) is 3.15. The number of hydrogen-bond donors (Lipinski definition) is 1. The van der Waals surface area contributed by atoms with E-state index in [1.807, 2.05) is 32.2 Å². The van der Waals surface area contributed by atoms with E-state index >= 15 is 0 Å². The first-order valence-corrected chi connectivity index (χ1v) is 9.54. The Hall–Kier alpha value is -2.67. The lowest BCUT2D eigenvalue weighted by atomic mass is 10.1. The Kier molecular flexibility index (Phi) is 11.3. The first-order valence-electron chi connectivity index (χ1n) is 9.54. The van der Waals surface area contributed by atoms with Gasteiger partial charge >= 0.3 is 0 Å². The minimum absolute atomic E-state index is 0.238. The highest BCUT2D eigenvalue weighted by atomic mass is 19.3. The molecule has 1 unspecified atom stereocenters. The van der Waals surface area contributed by atoms with E-state index in [9.17, 15) is 8.92 Å². The summed E-state index contributed by atoms with van der Waals surface area (Å²) >= 11 is 0. The van der Waals surface area contributed by atoms with Crippen LogP contribution in [0.2, 0.25) is 0 Å². The van der Waals surface area contributed by atoms with Crippen LogP contribution >= 0.6 is 0 Å². The maximum absolute atomic E-state index is 13.4. The van der Waals surface area contributed by atoms with Gasteiger partial charge in [-0.3, -0.25) is 4.94 Å². The van der Waals surface area contributed by atoms with Gasteiger partial charge in [0.05, 0.1) is 7.11 Å². The molecule has 1 heterocycles. The summed E-state index contributed by atoms with van der Waals surface area (Å²) in [6.45, 7) is 5.54. The highest BCUT2D eigenvalue weighted by molar-refractivity contribution is 5.50. The number of hydrogen-bond acceptors (Lipinski definition) is 5. The van der Waals surface area contributed by atoms with E-state index in [1.165, 1.54) is 26.9 Å². The molecule has 0 saturated carbocycles. The van der Waals surface area contributed by atoms with E-state index in [4.69, 9.17) is 9.53 Å². The molecule has 0 bridgehead atoms. The monoisotopic (exact) mass is 408 g/mol. The number of ether oxygens (including phenoxy) is 1. The zero-order valence-electron chi connectivity index (χ0n) is 17.5. The van der Waals surface area contributed by atoms with Crippen LogP contribution < -0.4 is 19.9 Å². The van der Waals surface area contributed by atoms with Gasteiger partial charge in [-0.2, -0.15) is 0 Å². The third-order valence-electron chi connectivity index (χ3n) is 4.51. The van der Waals surface area contributed by atoms with Gasteiger partial charge in [0.15, 0.2) is 17.3 Å². The number of carbonyl (C=O) groups excluding carboxylic acids is 1. The summed E-state index contributed by atoms with van der Waals surface area (Å²) in [6, 6.07) is 12.3. The third-order valence-corrected chi connectivity index (χ3v) is 4.51. The molecule has 1 fully saturated rings. The van der Waals surface area contributed by atoms with Crippen molar-refractivity contribution < 1.29 is 23.4 Å². The number of benzene rings is 2. The van der Waals surface area contributed by atoms with E-state index in [0.29, 0.717) is 5.75 Å². The second kappa shape index (κ2) is 13.5. The van der Waals surface area contributed by atoms with Gasteiger partial charge in [-0.15, -0.1) is 0 Å². The van der Waals surface area contributed by atoms with E-state index < -0.39 is 0 Å². The number of nitrogens with one attached hydrogen (secondary N) is 1. The number of anilines is 1. The fourth-order valence-electron chi connectivity index (χ4n) is 2.80. The Morgan fingerprint density at radius 2 is 1.72 bits per heavy atom. The van der Waals surface area contributed by atoms with Gasteiger partial charge in [0.2, 0.25) is 0 Å². The van der Waals surface area contributed by atoms with Crippen molar-refractivity contribution in [1.29, 1.82) is 0 Å². The number of aldehydes is 1. The molecule has 0 radical (unpaired) electrons. The van der Waals surface area contributed by atoms with Crippen molar-refractivity contribution in [3.63, 3.8) is 0 Å². The molecule has 0 aromatic heterocycles. The molecule has 1 N–H and O–H groups in total. The lowest BCUT2D eigenvalue weighted by molar-refractivity contribution is -0.106. The maximum Gasteiger partial charge on any atom is 0.171 e. The summed E-state index contributed by atoms with van der Waals surface area (Å²) in [7, 11) is 3.36. The van der Waals surface area contributed by atoms with Gasteiger partial charge in [-0.1, -0.05) is 12.1 Å². The van der Waals surface area contributed by atoms with Crippen molar-refractivity contribution in [3.05, 3.63) is 53.8 Å². The quantitative estimate of drug-likeness (QED) is 0.716. The van der Waals surface area contributed by atoms with Crippen molar-refractivity contribution in [2.24, 2.45) is 0 Å². The van der Waals surface area contributed by atoms with Crippen LogP contribution in [0.4, 0.5) is 14.6 Å². The lowest BCUT2D eigenvalue weighted by Gasteiger charge is -2.17. The Morgan fingerprint density at radius 3 is 2.17 bits per heavy atom. The molecular weight excluding hydrogens is 378 g/mol. The molecule has 1 aliphatic heterocycles. The van der Waals surface area contributed by atoms with Crippen molar-refractivity contribution in [2.75, 3.05) is 32.1 Å². The Bertz CT molecular complexity index is 720. The van der Waals surface area contributed by atoms with Crippen LogP contribution in [-0.2, 0) is 4.79 Å².